The zero-order chi connectivity index (χ0) is 19.1. The molecule has 0 aliphatic rings. The molecule has 0 aliphatic carbocycles. The monoisotopic (exact) mass is 384 g/mol. The van der Waals surface area contributed by atoms with Crippen molar-refractivity contribution in [2.24, 2.45) is 0 Å². The van der Waals surface area contributed by atoms with Crippen LogP contribution in [0.2, 0.25) is 0 Å². The summed E-state index contributed by atoms with van der Waals surface area (Å²) in [6, 6.07) is 15.4. The predicted octanol–water partition coefficient (Wildman–Crippen LogP) is 4.23. The van der Waals surface area contributed by atoms with Crippen molar-refractivity contribution in [3.8, 4) is 5.69 Å². The number of para-hydroxylation sites is 1. The van der Waals surface area contributed by atoms with Crippen LogP contribution in [-0.2, 0) is 6.54 Å². The second-order valence-electron chi connectivity index (χ2n) is 5.96. The molecule has 3 aromatic rings. The molecule has 1 amide bonds. The van der Waals surface area contributed by atoms with Gasteiger partial charge in [-0.3, -0.25) is 9.36 Å². The Morgan fingerprint density at radius 2 is 1.96 bits per heavy atom. The van der Waals surface area contributed by atoms with Gasteiger partial charge in [-0.15, -0.1) is 10.2 Å². The first-order chi connectivity index (χ1) is 13.2. The van der Waals surface area contributed by atoms with E-state index in [1.165, 1.54) is 18.2 Å². The Balaban J connectivity index is 1.79. The van der Waals surface area contributed by atoms with Gasteiger partial charge in [0.1, 0.15) is 5.82 Å². The lowest BCUT2D eigenvalue weighted by Gasteiger charge is -2.11. The van der Waals surface area contributed by atoms with Gasteiger partial charge in [-0.25, -0.2) is 4.39 Å². The Bertz CT molecular complexity index is 898. The van der Waals surface area contributed by atoms with Crippen LogP contribution in [-0.4, -0.2) is 26.4 Å². The Morgan fingerprint density at radius 3 is 2.70 bits per heavy atom. The summed E-state index contributed by atoms with van der Waals surface area (Å²) in [5.74, 6) is 0.795. The Morgan fingerprint density at radius 1 is 1.15 bits per heavy atom. The van der Waals surface area contributed by atoms with E-state index in [1.54, 1.807) is 17.8 Å². The topological polar surface area (TPSA) is 59.8 Å². The van der Waals surface area contributed by atoms with Gasteiger partial charge in [0.2, 0.25) is 0 Å². The van der Waals surface area contributed by atoms with E-state index in [9.17, 15) is 9.18 Å². The summed E-state index contributed by atoms with van der Waals surface area (Å²) in [6.45, 7) is 2.35. The number of nitrogens with one attached hydrogen (secondary N) is 1. The van der Waals surface area contributed by atoms with Gasteiger partial charge in [-0.1, -0.05) is 49.4 Å². The lowest BCUT2D eigenvalue weighted by Crippen LogP contribution is -2.24. The predicted molar refractivity (Wildman–Crippen MR) is 105 cm³/mol. The Hall–Kier alpha value is -2.67. The minimum Gasteiger partial charge on any atom is -0.345 e. The Labute approximate surface area is 162 Å². The van der Waals surface area contributed by atoms with E-state index in [0.717, 1.165) is 29.4 Å². The van der Waals surface area contributed by atoms with Gasteiger partial charge in [0.05, 0.1) is 6.54 Å². The molecule has 2 aromatic carbocycles. The lowest BCUT2D eigenvalue weighted by atomic mass is 10.2. The van der Waals surface area contributed by atoms with Crippen LogP contribution in [0.3, 0.4) is 0 Å². The number of nitrogens with zero attached hydrogens (tertiary/aromatic N) is 3. The molecule has 1 heterocycles. The molecular formula is C20H21FN4OS. The summed E-state index contributed by atoms with van der Waals surface area (Å²) in [5, 5.41) is 12.1. The van der Waals surface area contributed by atoms with Gasteiger partial charge in [0.25, 0.3) is 5.91 Å². The molecule has 0 saturated heterocycles. The number of rotatable bonds is 8. The van der Waals surface area contributed by atoms with Crippen LogP contribution in [0, 0.1) is 5.82 Å². The van der Waals surface area contributed by atoms with E-state index in [0.29, 0.717) is 5.82 Å². The molecule has 3 rings (SSSR count). The summed E-state index contributed by atoms with van der Waals surface area (Å²) in [4.78, 5) is 12.3. The zero-order valence-corrected chi connectivity index (χ0v) is 15.9. The maximum atomic E-state index is 13.3. The molecule has 0 bridgehead atoms. The SMILES string of the molecule is CCCCSc1nnc(CNC(=O)c2cccc(F)c2)n1-c1ccccc1. The van der Waals surface area contributed by atoms with Crippen molar-refractivity contribution in [1.82, 2.24) is 20.1 Å². The molecule has 0 spiro atoms. The third-order valence-electron chi connectivity index (χ3n) is 3.94. The highest BCUT2D eigenvalue weighted by atomic mass is 32.2. The molecule has 0 aliphatic heterocycles. The van der Waals surface area contributed by atoms with E-state index in [1.807, 2.05) is 34.9 Å². The summed E-state index contributed by atoms with van der Waals surface area (Å²) in [5.41, 5.74) is 1.22. The van der Waals surface area contributed by atoms with Crippen molar-refractivity contribution in [2.45, 2.75) is 31.5 Å². The summed E-state index contributed by atoms with van der Waals surface area (Å²) >= 11 is 1.65. The van der Waals surface area contributed by atoms with Crippen LogP contribution >= 0.6 is 11.8 Å². The van der Waals surface area contributed by atoms with Crippen molar-refractivity contribution in [3.05, 3.63) is 71.8 Å². The third kappa shape index (κ3) is 4.95. The number of carbonyl (C=O) groups is 1. The first-order valence-corrected chi connectivity index (χ1v) is 9.84. The van der Waals surface area contributed by atoms with Gasteiger partial charge in [0, 0.05) is 17.0 Å². The van der Waals surface area contributed by atoms with Crippen LogP contribution in [0.25, 0.3) is 5.69 Å². The first kappa shape index (κ1) is 19.1. The molecule has 0 fully saturated rings. The minimum atomic E-state index is -0.440. The zero-order valence-electron chi connectivity index (χ0n) is 15.1. The molecule has 0 atom stereocenters. The van der Waals surface area contributed by atoms with Crippen LogP contribution in [0.1, 0.15) is 35.9 Å². The average molecular weight is 384 g/mol. The molecule has 1 N–H and O–H groups in total. The highest BCUT2D eigenvalue weighted by Crippen LogP contribution is 2.23. The second-order valence-corrected chi connectivity index (χ2v) is 7.03. The second kappa shape index (κ2) is 9.32. The molecule has 5 nitrogen and oxygen atoms in total. The Kier molecular flexibility index (Phi) is 6.59. The van der Waals surface area contributed by atoms with Gasteiger partial charge < -0.3 is 5.32 Å². The van der Waals surface area contributed by atoms with Crippen LogP contribution < -0.4 is 5.32 Å². The normalized spacial score (nSPS) is 10.7. The number of benzene rings is 2. The number of aromatic nitrogens is 3. The van der Waals surface area contributed by atoms with Crippen molar-refractivity contribution in [3.63, 3.8) is 0 Å². The molecule has 7 heteroatoms. The maximum Gasteiger partial charge on any atom is 0.251 e. The first-order valence-electron chi connectivity index (χ1n) is 8.85. The molecule has 0 radical (unpaired) electrons. The largest absolute Gasteiger partial charge is 0.345 e. The van der Waals surface area contributed by atoms with E-state index < -0.39 is 5.82 Å². The molecule has 0 unspecified atom stereocenters. The fourth-order valence-corrected chi connectivity index (χ4v) is 3.60. The fourth-order valence-electron chi connectivity index (χ4n) is 2.54. The smallest absolute Gasteiger partial charge is 0.251 e. The number of thioether (sulfide) groups is 1. The molecule has 140 valence electrons. The minimum absolute atomic E-state index is 0.200. The molecule has 27 heavy (non-hydrogen) atoms. The highest BCUT2D eigenvalue weighted by molar-refractivity contribution is 7.99. The number of hydrogen-bond acceptors (Lipinski definition) is 4. The fraction of sp³-hybridized carbons (Fsp3) is 0.250. The summed E-state index contributed by atoms with van der Waals surface area (Å²) < 4.78 is 15.3. The third-order valence-corrected chi connectivity index (χ3v) is 4.95. The standard InChI is InChI=1S/C20H21FN4OS/c1-2-3-12-27-20-24-23-18(25(20)17-10-5-4-6-11-17)14-22-19(26)15-8-7-9-16(21)13-15/h4-11,13H,2-3,12,14H2,1H3,(H,22,26). The highest BCUT2D eigenvalue weighted by Gasteiger charge is 2.15. The van der Waals surface area contributed by atoms with Gasteiger partial charge in [-0.2, -0.15) is 0 Å². The van der Waals surface area contributed by atoms with Crippen LogP contribution in [0.15, 0.2) is 59.8 Å². The van der Waals surface area contributed by atoms with Crippen molar-refractivity contribution in [1.29, 1.82) is 0 Å². The number of halogens is 1. The van der Waals surface area contributed by atoms with Crippen molar-refractivity contribution in [2.75, 3.05) is 5.75 Å². The summed E-state index contributed by atoms with van der Waals surface area (Å²) in [6.07, 6.45) is 2.21. The maximum absolute atomic E-state index is 13.3. The molecular weight excluding hydrogens is 363 g/mol. The van der Waals surface area contributed by atoms with E-state index in [-0.39, 0.29) is 18.0 Å². The number of amides is 1. The van der Waals surface area contributed by atoms with Gasteiger partial charge in [0.15, 0.2) is 11.0 Å². The average Bonchev–Trinajstić information content (AvgIpc) is 3.10. The van der Waals surface area contributed by atoms with Crippen molar-refractivity contribution < 1.29 is 9.18 Å². The van der Waals surface area contributed by atoms with Crippen LogP contribution in [0.5, 0.6) is 0 Å². The molecule has 0 saturated carbocycles. The quantitative estimate of drug-likeness (QED) is 0.466. The lowest BCUT2D eigenvalue weighted by molar-refractivity contribution is 0.0949. The van der Waals surface area contributed by atoms with Crippen LogP contribution in [0.4, 0.5) is 4.39 Å². The number of unbranched alkanes of at least 4 members (excludes halogenated alkanes) is 1. The summed E-state index contributed by atoms with van der Waals surface area (Å²) in [7, 11) is 0. The van der Waals surface area contributed by atoms with E-state index in [4.69, 9.17) is 0 Å². The molecule has 1 aromatic heterocycles. The van der Waals surface area contributed by atoms with E-state index >= 15 is 0 Å². The van der Waals surface area contributed by atoms with Gasteiger partial charge >= 0.3 is 0 Å². The number of carbonyl (C=O) groups excluding carboxylic acids is 1. The number of hydrogen-bond donors (Lipinski definition) is 1. The van der Waals surface area contributed by atoms with Crippen molar-refractivity contribution >= 4 is 17.7 Å². The van der Waals surface area contributed by atoms with Gasteiger partial charge in [-0.05, 0) is 36.8 Å². The van der Waals surface area contributed by atoms with E-state index in [2.05, 4.69) is 22.4 Å².